The van der Waals surface area contributed by atoms with Gasteiger partial charge in [0.05, 0.1) is 4.88 Å². The molecule has 1 aromatic rings. The predicted octanol–water partition coefficient (Wildman–Crippen LogP) is 1.86. The molecule has 2 N–H and O–H groups in total. The molecule has 0 bridgehead atoms. The van der Waals surface area contributed by atoms with E-state index in [2.05, 4.69) is 0 Å². The molecule has 1 aromatic heterocycles. The van der Waals surface area contributed by atoms with Gasteiger partial charge in [0.15, 0.2) is 0 Å². The SMILES string of the molecule is Cc1ccc(C(=O)N2CCN(C(=O)C[C@@H]3CCC[C@H]3N)CC2)s1. The molecule has 1 saturated heterocycles. The number of amides is 2. The maximum absolute atomic E-state index is 12.4. The molecular weight excluding hydrogens is 310 g/mol. The molecule has 2 amide bonds. The van der Waals surface area contributed by atoms with Crippen molar-refractivity contribution in [2.24, 2.45) is 11.7 Å². The number of rotatable bonds is 3. The van der Waals surface area contributed by atoms with Crippen LogP contribution in [0.4, 0.5) is 0 Å². The second-order valence-corrected chi connectivity index (χ2v) is 7.93. The van der Waals surface area contributed by atoms with Gasteiger partial charge in [-0.15, -0.1) is 11.3 Å². The number of hydrogen-bond donors (Lipinski definition) is 1. The van der Waals surface area contributed by atoms with Gasteiger partial charge in [0.25, 0.3) is 5.91 Å². The average molecular weight is 335 g/mol. The minimum absolute atomic E-state index is 0.0908. The molecule has 6 heteroatoms. The van der Waals surface area contributed by atoms with Crippen molar-refractivity contribution in [2.45, 2.75) is 38.6 Å². The highest BCUT2D eigenvalue weighted by Crippen LogP contribution is 2.27. The number of piperazine rings is 1. The van der Waals surface area contributed by atoms with Crippen molar-refractivity contribution in [1.82, 2.24) is 9.80 Å². The van der Waals surface area contributed by atoms with Crippen LogP contribution in [0.1, 0.15) is 40.2 Å². The van der Waals surface area contributed by atoms with E-state index in [0.29, 0.717) is 38.5 Å². The lowest BCUT2D eigenvalue weighted by Gasteiger charge is -2.35. The van der Waals surface area contributed by atoms with Crippen LogP contribution >= 0.6 is 11.3 Å². The van der Waals surface area contributed by atoms with Crippen LogP contribution in [-0.4, -0.2) is 53.8 Å². The molecule has 23 heavy (non-hydrogen) atoms. The van der Waals surface area contributed by atoms with Crippen LogP contribution in [0, 0.1) is 12.8 Å². The van der Waals surface area contributed by atoms with Gasteiger partial charge < -0.3 is 15.5 Å². The van der Waals surface area contributed by atoms with Crippen LogP contribution in [0.25, 0.3) is 0 Å². The van der Waals surface area contributed by atoms with Crippen molar-refractivity contribution in [1.29, 1.82) is 0 Å². The van der Waals surface area contributed by atoms with E-state index in [9.17, 15) is 9.59 Å². The van der Waals surface area contributed by atoms with Crippen molar-refractivity contribution >= 4 is 23.2 Å². The molecule has 2 heterocycles. The van der Waals surface area contributed by atoms with Crippen molar-refractivity contribution in [3.05, 3.63) is 21.9 Å². The summed E-state index contributed by atoms with van der Waals surface area (Å²) < 4.78 is 0. The van der Waals surface area contributed by atoms with Gasteiger partial charge >= 0.3 is 0 Å². The molecule has 2 fully saturated rings. The Kier molecular flexibility index (Phi) is 5.02. The van der Waals surface area contributed by atoms with Crippen LogP contribution in [0.15, 0.2) is 12.1 Å². The second-order valence-electron chi connectivity index (χ2n) is 6.64. The topological polar surface area (TPSA) is 66.6 Å². The summed E-state index contributed by atoms with van der Waals surface area (Å²) in [5.74, 6) is 0.635. The Morgan fingerprint density at radius 2 is 1.87 bits per heavy atom. The monoisotopic (exact) mass is 335 g/mol. The summed E-state index contributed by atoms with van der Waals surface area (Å²) in [6.07, 6.45) is 3.82. The highest BCUT2D eigenvalue weighted by molar-refractivity contribution is 7.13. The Morgan fingerprint density at radius 1 is 1.17 bits per heavy atom. The molecule has 0 unspecified atom stereocenters. The van der Waals surface area contributed by atoms with Crippen molar-refractivity contribution in [2.75, 3.05) is 26.2 Å². The number of thiophene rings is 1. The van der Waals surface area contributed by atoms with E-state index >= 15 is 0 Å². The summed E-state index contributed by atoms with van der Waals surface area (Å²) in [7, 11) is 0. The minimum atomic E-state index is 0.0908. The molecule has 3 rings (SSSR count). The van der Waals surface area contributed by atoms with Gasteiger partial charge in [-0.25, -0.2) is 0 Å². The van der Waals surface area contributed by atoms with Gasteiger partial charge in [-0.2, -0.15) is 0 Å². The van der Waals surface area contributed by atoms with E-state index in [1.165, 1.54) is 11.3 Å². The van der Waals surface area contributed by atoms with Gasteiger partial charge in [-0.3, -0.25) is 9.59 Å². The number of carbonyl (C=O) groups excluding carboxylic acids is 2. The zero-order chi connectivity index (χ0) is 16.4. The molecule has 2 atom stereocenters. The molecule has 1 aliphatic heterocycles. The highest BCUT2D eigenvalue weighted by atomic mass is 32.1. The normalized spacial score (nSPS) is 25.0. The molecular formula is C17H25N3O2S. The van der Waals surface area contributed by atoms with E-state index in [0.717, 1.165) is 29.0 Å². The van der Waals surface area contributed by atoms with E-state index in [-0.39, 0.29) is 17.9 Å². The Labute approximate surface area is 141 Å². The van der Waals surface area contributed by atoms with E-state index in [1.807, 2.05) is 28.9 Å². The minimum Gasteiger partial charge on any atom is -0.339 e. The second kappa shape index (κ2) is 7.01. The molecule has 5 nitrogen and oxygen atoms in total. The zero-order valence-corrected chi connectivity index (χ0v) is 14.5. The van der Waals surface area contributed by atoms with Gasteiger partial charge in [-0.05, 0) is 37.8 Å². The number of aryl methyl sites for hydroxylation is 1. The maximum atomic E-state index is 12.4. The number of nitrogens with two attached hydrogens (primary N) is 1. The third-order valence-corrected chi connectivity index (χ3v) is 6.01. The first-order valence-electron chi connectivity index (χ1n) is 8.43. The van der Waals surface area contributed by atoms with Crippen molar-refractivity contribution in [3.63, 3.8) is 0 Å². The van der Waals surface area contributed by atoms with E-state index in [4.69, 9.17) is 5.73 Å². The standard InChI is InChI=1S/C17H25N3O2S/c1-12-5-6-15(23-12)17(22)20-9-7-19(8-10-20)16(21)11-13-3-2-4-14(13)18/h5-6,13-14H,2-4,7-11,18H2,1H3/t13-,14+/m0/s1. The third kappa shape index (κ3) is 3.75. The van der Waals surface area contributed by atoms with Gasteiger partial charge in [0.2, 0.25) is 5.91 Å². The fourth-order valence-electron chi connectivity index (χ4n) is 3.54. The first kappa shape index (κ1) is 16.5. The van der Waals surface area contributed by atoms with Crippen LogP contribution in [0.3, 0.4) is 0 Å². The Bertz CT molecular complexity index is 578. The Hall–Kier alpha value is -1.40. The number of hydrogen-bond acceptors (Lipinski definition) is 4. The molecule has 126 valence electrons. The lowest BCUT2D eigenvalue weighted by molar-refractivity contribution is -0.133. The summed E-state index contributed by atoms with van der Waals surface area (Å²) in [6, 6.07) is 4.05. The highest BCUT2D eigenvalue weighted by Gasteiger charge is 2.30. The average Bonchev–Trinajstić information content (AvgIpc) is 3.16. The summed E-state index contributed by atoms with van der Waals surface area (Å²) in [5.41, 5.74) is 6.06. The Balaban J connectivity index is 1.50. The lowest BCUT2D eigenvalue weighted by atomic mass is 9.99. The van der Waals surface area contributed by atoms with E-state index < -0.39 is 0 Å². The van der Waals surface area contributed by atoms with Gasteiger partial charge in [0.1, 0.15) is 0 Å². The van der Waals surface area contributed by atoms with Crippen LogP contribution < -0.4 is 5.73 Å². The van der Waals surface area contributed by atoms with Gasteiger partial charge in [-0.1, -0.05) is 6.42 Å². The molecule has 0 aromatic carbocycles. The summed E-state index contributed by atoms with van der Waals surface area (Å²) in [4.78, 5) is 30.5. The van der Waals surface area contributed by atoms with Gasteiger partial charge in [0, 0.05) is 43.5 Å². The van der Waals surface area contributed by atoms with Crippen molar-refractivity contribution in [3.8, 4) is 0 Å². The van der Waals surface area contributed by atoms with Crippen LogP contribution in [0.5, 0.6) is 0 Å². The summed E-state index contributed by atoms with van der Waals surface area (Å²) in [5, 5.41) is 0. The maximum Gasteiger partial charge on any atom is 0.264 e. The number of nitrogens with zero attached hydrogens (tertiary/aromatic N) is 2. The first-order chi connectivity index (χ1) is 11.0. The summed E-state index contributed by atoms with van der Waals surface area (Å²) >= 11 is 1.53. The number of carbonyl (C=O) groups is 2. The fourth-order valence-corrected chi connectivity index (χ4v) is 4.37. The smallest absolute Gasteiger partial charge is 0.264 e. The molecule has 2 aliphatic rings. The Morgan fingerprint density at radius 3 is 2.43 bits per heavy atom. The van der Waals surface area contributed by atoms with Crippen LogP contribution in [-0.2, 0) is 4.79 Å². The molecule has 0 radical (unpaired) electrons. The fraction of sp³-hybridized carbons (Fsp3) is 0.647. The quantitative estimate of drug-likeness (QED) is 0.917. The van der Waals surface area contributed by atoms with E-state index in [1.54, 1.807) is 0 Å². The molecule has 1 saturated carbocycles. The summed E-state index contributed by atoms with van der Waals surface area (Å²) in [6.45, 7) is 4.52. The van der Waals surface area contributed by atoms with Crippen molar-refractivity contribution < 1.29 is 9.59 Å². The molecule has 1 aliphatic carbocycles. The first-order valence-corrected chi connectivity index (χ1v) is 9.25. The van der Waals surface area contributed by atoms with Crippen LogP contribution in [0.2, 0.25) is 0 Å². The molecule has 0 spiro atoms. The third-order valence-electron chi connectivity index (χ3n) is 5.03. The lowest BCUT2D eigenvalue weighted by Crippen LogP contribution is -2.51. The predicted molar refractivity (Wildman–Crippen MR) is 91.5 cm³/mol. The largest absolute Gasteiger partial charge is 0.339 e. The zero-order valence-electron chi connectivity index (χ0n) is 13.7.